The van der Waals surface area contributed by atoms with Gasteiger partial charge < -0.3 is 15.0 Å². The van der Waals surface area contributed by atoms with Gasteiger partial charge in [-0.25, -0.2) is 18.4 Å². The second kappa shape index (κ2) is 8.79. The Kier molecular flexibility index (Phi) is 6.20. The summed E-state index contributed by atoms with van der Waals surface area (Å²) < 4.78 is 31.8. The number of hydrogen-bond donors (Lipinski definition) is 1. The number of rotatable bonds is 4. The van der Waals surface area contributed by atoms with Crippen molar-refractivity contribution in [1.29, 1.82) is 0 Å². The monoisotopic (exact) mass is 389 g/mol. The molecular weight excluding hydrogens is 368 g/mol. The van der Waals surface area contributed by atoms with Crippen molar-refractivity contribution in [2.24, 2.45) is 0 Å². The first kappa shape index (κ1) is 19.8. The van der Waals surface area contributed by atoms with E-state index in [1.165, 1.54) is 31.4 Å². The number of para-hydroxylation sites is 1. The first-order chi connectivity index (χ1) is 13.5. The lowest BCUT2D eigenvalue weighted by atomic mass is 10.0. The maximum Gasteiger partial charge on any atom is 0.327 e. The molecule has 1 fully saturated rings. The second-order valence-electron chi connectivity index (χ2n) is 6.41. The Hall–Kier alpha value is -3.00. The van der Waals surface area contributed by atoms with E-state index in [0.717, 1.165) is 0 Å². The van der Waals surface area contributed by atoms with Crippen molar-refractivity contribution in [2.45, 2.75) is 6.04 Å². The van der Waals surface area contributed by atoms with Crippen LogP contribution in [0.15, 0.2) is 48.5 Å². The number of hydrogen-bond acceptors (Lipinski definition) is 4. The first-order valence-electron chi connectivity index (χ1n) is 8.87. The fourth-order valence-corrected chi connectivity index (χ4v) is 3.19. The van der Waals surface area contributed by atoms with Gasteiger partial charge in [0.2, 0.25) is 0 Å². The van der Waals surface area contributed by atoms with Crippen molar-refractivity contribution in [3.05, 3.63) is 65.7 Å². The largest absolute Gasteiger partial charge is 0.468 e. The van der Waals surface area contributed by atoms with Crippen molar-refractivity contribution in [1.82, 2.24) is 9.80 Å². The van der Waals surface area contributed by atoms with E-state index >= 15 is 0 Å². The lowest BCUT2D eigenvalue weighted by molar-refractivity contribution is -0.148. The molecule has 28 heavy (non-hydrogen) atoms. The zero-order valence-corrected chi connectivity index (χ0v) is 15.4. The Morgan fingerprint density at radius 3 is 2.25 bits per heavy atom. The molecule has 1 saturated heterocycles. The third kappa shape index (κ3) is 4.45. The molecule has 1 N–H and O–H groups in total. The number of esters is 1. The maximum absolute atomic E-state index is 13.7. The zero-order chi connectivity index (χ0) is 20.1. The van der Waals surface area contributed by atoms with E-state index in [-0.39, 0.29) is 11.5 Å². The molecule has 3 rings (SSSR count). The summed E-state index contributed by atoms with van der Waals surface area (Å²) in [5.74, 6) is -1.34. The molecule has 0 saturated carbocycles. The van der Waals surface area contributed by atoms with E-state index in [2.05, 4.69) is 5.32 Å². The normalized spacial score (nSPS) is 15.8. The molecule has 1 heterocycles. The number of piperazine rings is 1. The topological polar surface area (TPSA) is 61.9 Å². The van der Waals surface area contributed by atoms with Crippen LogP contribution in [0.3, 0.4) is 0 Å². The van der Waals surface area contributed by atoms with E-state index in [4.69, 9.17) is 4.74 Å². The molecule has 0 unspecified atom stereocenters. The highest BCUT2D eigenvalue weighted by Crippen LogP contribution is 2.24. The number of ether oxygens (including phenoxy) is 1. The Balaban J connectivity index is 1.65. The predicted octanol–water partition coefficient (Wildman–Crippen LogP) is 3.03. The van der Waals surface area contributed by atoms with Crippen LogP contribution in [-0.2, 0) is 9.53 Å². The van der Waals surface area contributed by atoms with Crippen LogP contribution in [0.2, 0.25) is 0 Å². The predicted molar refractivity (Wildman–Crippen MR) is 99.7 cm³/mol. The van der Waals surface area contributed by atoms with Gasteiger partial charge in [0.15, 0.2) is 0 Å². The Morgan fingerprint density at radius 1 is 1.00 bits per heavy atom. The van der Waals surface area contributed by atoms with Crippen LogP contribution in [0.4, 0.5) is 19.3 Å². The van der Waals surface area contributed by atoms with Crippen molar-refractivity contribution in [3.8, 4) is 0 Å². The SMILES string of the molecule is COC(=O)[C@H](c1ccc(F)cc1)N1CCN(C(=O)Nc2ccccc2F)CC1. The summed E-state index contributed by atoms with van der Waals surface area (Å²) in [4.78, 5) is 28.1. The fraction of sp³-hybridized carbons (Fsp3) is 0.300. The van der Waals surface area contributed by atoms with Crippen LogP contribution in [0.25, 0.3) is 0 Å². The van der Waals surface area contributed by atoms with Gasteiger partial charge in [-0.3, -0.25) is 4.90 Å². The van der Waals surface area contributed by atoms with Gasteiger partial charge in [-0.1, -0.05) is 24.3 Å². The summed E-state index contributed by atoms with van der Waals surface area (Å²) in [6, 6.07) is 10.6. The molecule has 0 bridgehead atoms. The standard InChI is InChI=1S/C20H21F2N3O3/c1-28-19(26)18(14-6-8-15(21)9-7-14)24-10-12-25(13-11-24)20(27)23-17-5-3-2-4-16(17)22/h2-9,18H,10-13H2,1H3,(H,23,27)/t18-/m0/s1. The van der Waals surface area contributed by atoms with Crippen LogP contribution in [0.1, 0.15) is 11.6 Å². The number of halogens is 2. The van der Waals surface area contributed by atoms with Crippen LogP contribution < -0.4 is 5.32 Å². The minimum absolute atomic E-state index is 0.119. The number of nitrogens with zero attached hydrogens (tertiary/aromatic N) is 2. The van der Waals surface area contributed by atoms with Crippen LogP contribution >= 0.6 is 0 Å². The number of anilines is 1. The highest BCUT2D eigenvalue weighted by molar-refractivity contribution is 5.89. The Labute approximate surface area is 161 Å². The second-order valence-corrected chi connectivity index (χ2v) is 6.41. The van der Waals surface area contributed by atoms with Crippen LogP contribution in [-0.4, -0.2) is 55.1 Å². The molecule has 0 aromatic heterocycles. The van der Waals surface area contributed by atoms with E-state index in [1.807, 2.05) is 4.90 Å². The number of amides is 2. The molecule has 148 valence electrons. The summed E-state index contributed by atoms with van der Waals surface area (Å²) in [6.45, 7) is 1.55. The number of benzene rings is 2. The summed E-state index contributed by atoms with van der Waals surface area (Å²) in [5, 5.41) is 2.56. The summed E-state index contributed by atoms with van der Waals surface area (Å²) in [5.41, 5.74) is 0.742. The van der Waals surface area contributed by atoms with E-state index < -0.39 is 23.9 Å². The lowest BCUT2D eigenvalue weighted by Gasteiger charge is -2.38. The average molecular weight is 389 g/mol. The number of methoxy groups -OCH3 is 1. The third-order valence-electron chi connectivity index (χ3n) is 4.69. The van der Waals surface area contributed by atoms with Gasteiger partial charge in [0.1, 0.15) is 17.7 Å². The molecule has 2 aromatic carbocycles. The molecule has 1 aliphatic heterocycles. The van der Waals surface area contributed by atoms with Gasteiger partial charge in [0, 0.05) is 26.2 Å². The Morgan fingerprint density at radius 2 is 1.64 bits per heavy atom. The number of urea groups is 1. The number of carbonyl (C=O) groups excluding carboxylic acids is 2. The molecule has 0 radical (unpaired) electrons. The highest BCUT2D eigenvalue weighted by Gasteiger charge is 2.32. The summed E-state index contributed by atoms with van der Waals surface area (Å²) >= 11 is 0. The van der Waals surface area contributed by atoms with Crippen LogP contribution in [0, 0.1) is 11.6 Å². The highest BCUT2D eigenvalue weighted by atomic mass is 19.1. The quantitative estimate of drug-likeness (QED) is 0.817. The minimum atomic E-state index is -0.678. The van der Waals surface area contributed by atoms with Crippen molar-refractivity contribution >= 4 is 17.7 Å². The third-order valence-corrected chi connectivity index (χ3v) is 4.69. The van der Waals surface area contributed by atoms with E-state index in [9.17, 15) is 18.4 Å². The van der Waals surface area contributed by atoms with Gasteiger partial charge in [-0.05, 0) is 29.8 Å². The van der Waals surface area contributed by atoms with Gasteiger partial charge in [-0.2, -0.15) is 0 Å². The molecular formula is C20H21F2N3O3. The Bertz CT molecular complexity index is 837. The van der Waals surface area contributed by atoms with Gasteiger partial charge in [-0.15, -0.1) is 0 Å². The number of carbonyl (C=O) groups is 2. The molecule has 2 amide bonds. The number of nitrogens with one attached hydrogen (secondary N) is 1. The maximum atomic E-state index is 13.7. The molecule has 2 aromatic rings. The lowest BCUT2D eigenvalue weighted by Crippen LogP contribution is -2.52. The van der Waals surface area contributed by atoms with Gasteiger partial charge in [0.25, 0.3) is 0 Å². The minimum Gasteiger partial charge on any atom is -0.468 e. The molecule has 0 aliphatic carbocycles. The smallest absolute Gasteiger partial charge is 0.327 e. The summed E-state index contributed by atoms with van der Waals surface area (Å²) in [7, 11) is 1.30. The molecule has 6 nitrogen and oxygen atoms in total. The fourth-order valence-electron chi connectivity index (χ4n) is 3.19. The van der Waals surface area contributed by atoms with Gasteiger partial charge >= 0.3 is 12.0 Å². The van der Waals surface area contributed by atoms with E-state index in [0.29, 0.717) is 31.7 Å². The zero-order valence-electron chi connectivity index (χ0n) is 15.4. The van der Waals surface area contributed by atoms with Crippen LogP contribution in [0.5, 0.6) is 0 Å². The van der Waals surface area contributed by atoms with Gasteiger partial charge in [0.05, 0.1) is 12.8 Å². The molecule has 8 heteroatoms. The molecule has 0 spiro atoms. The molecule has 1 atom stereocenters. The van der Waals surface area contributed by atoms with Crippen molar-refractivity contribution < 1.29 is 23.1 Å². The molecule has 1 aliphatic rings. The summed E-state index contributed by atoms with van der Waals surface area (Å²) in [6.07, 6.45) is 0. The average Bonchev–Trinajstić information content (AvgIpc) is 2.71. The van der Waals surface area contributed by atoms with Crippen molar-refractivity contribution in [2.75, 3.05) is 38.6 Å². The first-order valence-corrected chi connectivity index (χ1v) is 8.87. The van der Waals surface area contributed by atoms with Crippen molar-refractivity contribution in [3.63, 3.8) is 0 Å². The van der Waals surface area contributed by atoms with E-state index in [1.54, 1.807) is 29.2 Å².